The van der Waals surface area contributed by atoms with Crippen molar-refractivity contribution < 1.29 is 24.5 Å². The molecule has 0 aromatic carbocycles. The average molecular weight is 989 g/mol. The summed E-state index contributed by atoms with van der Waals surface area (Å²) in [5.74, 6) is -0.0727. The van der Waals surface area contributed by atoms with Gasteiger partial charge in [0.15, 0.2) is 0 Å². The highest BCUT2D eigenvalue weighted by atomic mass is 16.5. The van der Waals surface area contributed by atoms with Crippen LogP contribution in [0.4, 0.5) is 0 Å². The minimum Gasteiger partial charge on any atom is -0.466 e. The number of aliphatic hydroxyl groups is 2. The van der Waals surface area contributed by atoms with E-state index in [2.05, 4.69) is 19.2 Å². The topological polar surface area (TPSA) is 95.9 Å². The SMILES string of the molecule is CCCCCCCCCCCCCCCCCCCCCCC/C=C/C(O)C(CO)NC(=O)CCCCCCCCCCCCCCCCOC(=O)CCCCCCCCCCCCCCCCCC. The molecule has 1 amide bonds. The number of carbonyl (C=O) groups is 2. The number of allylic oxidation sites excluding steroid dienone is 1. The molecule has 0 aromatic rings. The van der Waals surface area contributed by atoms with Crippen LogP contribution in [0, 0.1) is 0 Å². The summed E-state index contributed by atoms with van der Waals surface area (Å²) in [6.45, 7) is 4.92. The molecule has 0 saturated carbocycles. The number of hydrogen-bond acceptors (Lipinski definition) is 5. The van der Waals surface area contributed by atoms with E-state index in [-0.39, 0.29) is 18.5 Å². The van der Waals surface area contributed by atoms with Crippen molar-refractivity contribution in [2.24, 2.45) is 0 Å². The molecule has 2 atom stereocenters. The van der Waals surface area contributed by atoms with Gasteiger partial charge in [-0.05, 0) is 32.1 Å². The minimum absolute atomic E-state index is 0.00122. The summed E-state index contributed by atoms with van der Waals surface area (Å²) in [4.78, 5) is 24.6. The molecule has 6 heteroatoms. The summed E-state index contributed by atoms with van der Waals surface area (Å²) in [5, 5.41) is 23.2. The van der Waals surface area contributed by atoms with E-state index in [0.717, 1.165) is 57.8 Å². The van der Waals surface area contributed by atoms with Crippen LogP contribution in [0.1, 0.15) is 361 Å². The Morgan fingerprint density at radius 1 is 0.386 bits per heavy atom. The van der Waals surface area contributed by atoms with Gasteiger partial charge in [-0.15, -0.1) is 0 Å². The molecule has 0 bridgehead atoms. The number of hydrogen-bond donors (Lipinski definition) is 3. The number of nitrogens with one attached hydrogen (secondary N) is 1. The molecule has 0 spiro atoms. The molecule has 0 aliphatic carbocycles. The average Bonchev–Trinajstić information content (AvgIpc) is 3.36. The molecule has 0 aliphatic rings. The van der Waals surface area contributed by atoms with Crippen LogP contribution in [0.2, 0.25) is 0 Å². The predicted molar refractivity (Wildman–Crippen MR) is 306 cm³/mol. The van der Waals surface area contributed by atoms with Gasteiger partial charge in [0.25, 0.3) is 0 Å². The van der Waals surface area contributed by atoms with Gasteiger partial charge in [-0.3, -0.25) is 9.59 Å². The summed E-state index contributed by atoms with van der Waals surface area (Å²) < 4.78 is 5.49. The smallest absolute Gasteiger partial charge is 0.305 e. The van der Waals surface area contributed by atoms with Crippen molar-refractivity contribution in [3.63, 3.8) is 0 Å². The largest absolute Gasteiger partial charge is 0.466 e. The Bertz CT molecular complexity index is 1050. The van der Waals surface area contributed by atoms with Crippen LogP contribution in [-0.4, -0.2) is 47.4 Å². The molecule has 416 valence electrons. The molecule has 0 radical (unpaired) electrons. The third kappa shape index (κ3) is 55.9. The first kappa shape index (κ1) is 68.6. The zero-order chi connectivity index (χ0) is 50.7. The number of aliphatic hydroxyl groups excluding tert-OH is 2. The van der Waals surface area contributed by atoms with Crippen molar-refractivity contribution in [1.82, 2.24) is 5.32 Å². The molecule has 0 fully saturated rings. The zero-order valence-electron chi connectivity index (χ0n) is 47.5. The number of unbranched alkanes of at least 4 members (excludes halogenated alkanes) is 49. The Balaban J connectivity index is 3.45. The fraction of sp³-hybridized carbons (Fsp3) is 0.938. The third-order valence-electron chi connectivity index (χ3n) is 15.1. The van der Waals surface area contributed by atoms with E-state index in [4.69, 9.17) is 4.74 Å². The highest BCUT2D eigenvalue weighted by Gasteiger charge is 2.18. The van der Waals surface area contributed by atoms with E-state index < -0.39 is 12.1 Å². The maximum Gasteiger partial charge on any atom is 0.305 e. The molecule has 0 aromatic heterocycles. The highest BCUT2D eigenvalue weighted by Crippen LogP contribution is 2.18. The number of carbonyl (C=O) groups excluding carboxylic acids is 2. The Hall–Kier alpha value is -1.40. The van der Waals surface area contributed by atoms with Crippen molar-refractivity contribution in [3.8, 4) is 0 Å². The van der Waals surface area contributed by atoms with Gasteiger partial charge in [0, 0.05) is 12.8 Å². The summed E-state index contributed by atoms with van der Waals surface area (Å²) in [7, 11) is 0. The van der Waals surface area contributed by atoms with Gasteiger partial charge in [-0.1, -0.05) is 328 Å². The van der Waals surface area contributed by atoms with Crippen molar-refractivity contribution in [2.45, 2.75) is 373 Å². The molecule has 0 aliphatic heterocycles. The van der Waals surface area contributed by atoms with Gasteiger partial charge >= 0.3 is 5.97 Å². The maximum atomic E-state index is 12.5. The lowest BCUT2D eigenvalue weighted by Crippen LogP contribution is -2.45. The third-order valence-corrected chi connectivity index (χ3v) is 15.1. The number of amides is 1. The number of ether oxygens (including phenoxy) is 1. The van der Waals surface area contributed by atoms with Gasteiger partial charge in [0.05, 0.1) is 25.4 Å². The summed E-state index contributed by atoms with van der Waals surface area (Å²) in [5.41, 5.74) is 0. The Kier molecular flexibility index (Phi) is 59.0. The van der Waals surface area contributed by atoms with Gasteiger partial charge in [-0.2, -0.15) is 0 Å². The molecular weight excluding hydrogens is 863 g/mol. The van der Waals surface area contributed by atoms with E-state index in [9.17, 15) is 19.8 Å². The fourth-order valence-electron chi connectivity index (χ4n) is 10.2. The van der Waals surface area contributed by atoms with E-state index in [1.54, 1.807) is 6.08 Å². The Labute approximate surface area is 438 Å². The second-order valence-corrected chi connectivity index (χ2v) is 22.1. The quantitative estimate of drug-likeness (QED) is 0.0321. The van der Waals surface area contributed by atoms with Crippen molar-refractivity contribution in [3.05, 3.63) is 12.2 Å². The monoisotopic (exact) mass is 988 g/mol. The van der Waals surface area contributed by atoms with Crippen molar-refractivity contribution >= 4 is 11.9 Å². The molecule has 0 saturated heterocycles. The molecule has 70 heavy (non-hydrogen) atoms. The molecule has 0 rings (SSSR count). The van der Waals surface area contributed by atoms with E-state index in [1.165, 1.54) is 276 Å². The Morgan fingerprint density at radius 2 is 0.657 bits per heavy atom. The summed E-state index contributed by atoms with van der Waals surface area (Å²) in [6.07, 6.45) is 72.5. The maximum absolute atomic E-state index is 12.5. The molecule has 6 nitrogen and oxygen atoms in total. The van der Waals surface area contributed by atoms with Crippen LogP contribution in [0.25, 0.3) is 0 Å². The molecule has 3 N–H and O–H groups in total. The summed E-state index contributed by atoms with van der Waals surface area (Å²) in [6, 6.07) is -0.636. The van der Waals surface area contributed by atoms with Crippen LogP contribution in [0.15, 0.2) is 12.2 Å². The van der Waals surface area contributed by atoms with E-state index >= 15 is 0 Å². The summed E-state index contributed by atoms with van der Waals surface area (Å²) >= 11 is 0. The van der Waals surface area contributed by atoms with Gasteiger partial charge in [0.2, 0.25) is 5.91 Å². The number of esters is 1. The first-order chi connectivity index (χ1) is 34.5. The van der Waals surface area contributed by atoms with Crippen LogP contribution in [-0.2, 0) is 14.3 Å². The van der Waals surface area contributed by atoms with E-state index in [0.29, 0.717) is 19.4 Å². The number of rotatable bonds is 60. The standard InChI is InChI=1S/C64H125NO5/c1-3-5-7-9-11-13-15-17-19-21-22-23-24-25-26-27-28-32-36-40-44-48-52-56-62(67)61(60-66)65-63(68)57-53-49-45-41-37-33-30-31-35-39-43-47-51-55-59-70-64(69)58-54-50-46-42-38-34-29-20-18-16-14-12-10-8-6-4-2/h52,56,61-62,66-67H,3-51,53-55,57-60H2,1-2H3,(H,65,68)/b56-52+. The van der Waals surface area contributed by atoms with Crippen LogP contribution >= 0.6 is 0 Å². The van der Waals surface area contributed by atoms with Gasteiger partial charge in [0.1, 0.15) is 0 Å². The molecular formula is C64H125NO5. The zero-order valence-corrected chi connectivity index (χ0v) is 47.5. The van der Waals surface area contributed by atoms with Crippen molar-refractivity contribution in [2.75, 3.05) is 13.2 Å². The van der Waals surface area contributed by atoms with Gasteiger partial charge < -0.3 is 20.3 Å². The Morgan fingerprint density at radius 3 is 0.971 bits per heavy atom. The van der Waals surface area contributed by atoms with Crippen LogP contribution < -0.4 is 5.32 Å². The normalized spacial score (nSPS) is 12.6. The second-order valence-electron chi connectivity index (χ2n) is 22.1. The second kappa shape index (κ2) is 60.2. The predicted octanol–water partition coefficient (Wildman–Crippen LogP) is 20.0. The lowest BCUT2D eigenvalue weighted by atomic mass is 10.0. The van der Waals surface area contributed by atoms with Crippen molar-refractivity contribution in [1.29, 1.82) is 0 Å². The minimum atomic E-state index is -0.852. The lowest BCUT2D eigenvalue weighted by molar-refractivity contribution is -0.143. The molecule has 2 unspecified atom stereocenters. The van der Waals surface area contributed by atoms with Gasteiger partial charge in [-0.25, -0.2) is 0 Å². The molecule has 0 heterocycles. The highest BCUT2D eigenvalue weighted by molar-refractivity contribution is 5.76. The first-order valence-electron chi connectivity index (χ1n) is 32.0. The first-order valence-corrected chi connectivity index (χ1v) is 32.0. The lowest BCUT2D eigenvalue weighted by Gasteiger charge is -2.20. The van der Waals surface area contributed by atoms with E-state index in [1.807, 2.05) is 6.08 Å². The van der Waals surface area contributed by atoms with Crippen LogP contribution in [0.5, 0.6) is 0 Å². The van der Waals surface area contributed by atoms with Crippen LogP contribution in [0.3, 0.4) is 0 Å². The fourth-order valence-corrected chi connectivity index (χ4v) is 10.2.